The molecule has 2 amide bonds. The van der Waals surface area contributed by atoms with Crippen LogP contribution in [0.5, 0.6) is 0 Å². The quantitative estimate of drug-likeness (QED) is 0.779. The van der Waals surface area contributed by atoms with Crippen LogP contribution in [-0.2, 0) is 0 Å². The number of benzene rings is 1. The Balaban J connectivity index is 1.74. The van der Waals surface area contributed by atoms with Gasteiger partial charge < -0.3 is 14.2 Å². The topological polar surface area (TPSA) is 70.8 Å². The highest BCUT2D eigenvalue weighted by molar-refractivity contribution is 6.01. The highest BCUT2D eigenvalue weighted by Crippen LogP contribution is 2.27. The Kier molecular flexibility index (Phi) is 4.79. The van der Waals surface area contributed by atoms with Crippen LogP contribution in [0.3, 0.4) is 0 Å². The van der Waals surface area contributed by atoms with E-state index in [1.54, 1.807) is 30.3 Å². The summed E-state index contributed by atoms with van der Waals surface area (Å²) in [4.78, 5) is 40.4. The lowest BCUT2D eigenvalue weighted by Gasteiger charge is -2.19. The number of hydrogen-bond acceptors (Lipinski definition) is 4. The van der Waals surface area contributed by atoms with Crippen LogP contribution in [0.15, 0.2) is 34.7 Å². The largest absolute Gasteiger partial charge is 0.453 e. The Labute approximate surface area is 157 Å². The Hall–Kier alpha value is -2.89. The van der Waals surface area contributed by atoms with Crippen LogP contribution in [0.25, 0.3) is 11.3 Å². The molecule has 2 aromatic rings. The first kappa shape index (κ1) is 17.5. The Bertz CT molecular complexity index is 828. The second-order valence-electron chi connectivity index (χ2n) is 7.12. The van der Waals surface area contributed by atoms with Gasteiger partial charge in [-0.25, -0.2) is 0 Å². The number of rotatable bonds is 4. The molecular formula is C21H22N2O4. The molecule has 0 bridgehead atoms. The molecule has 1 aromatic carbocycles. The lowest BCUT2D eigenvalue weighted by atomic mass is 10.0. The van der Waals surface area contributed by atoms with Crippen LogP contribution < -0.4 is 0 Å². The highest BCUT2D eigenvalue weighted by Gasteiger charge is 2.25. The van der Waals surface area contributed by atoms with E-state index in [-0.39, 0.29) is 17.6 Å². The fourth-order valence-corrected chi connectivity index (χ4v) is 3.79. The maximum Gasteiger partial charge on any atom is 0.253 e. The molecule has 2 aliphatic heterocycles. The summed E-state index contributed by atoms with van der Waals surface area (Å²) in [6.45, 7) is 2.98. The number of furan rings is 1. The Morgan fingerprint density at radius 1 is 0.815 bits per heavy atom. The van der Waals surface area contributed by atoms with E-state index in [9.17, 15) is 14.4 Å². The third kappa shape index (κ3) is 3.52. The molecule has 6 heteroatoms. The lowest BCUT2D eigenvalue weighted by molar-refractivity contribution is 0.0791. The predicted molar refractivity (Wildman–Crippen MR) is 99.8 cm³/mol. The number of hydrogen-bond donors (Lipinski definition) is 0. The third-order valence-electron chi connectivity index (χ3n) is 5.24. The van der Waals surface area contributed by atoms with Gasteiger partial charge in [0.2, 0.25) is 0 Å². The monoisotopic (exact) mass is 366 g/mol. The van der Waals surface area contributed by atoms with E-state index in [0.717, 1.165) is 51.9 Å². The van der Waals surface area contributed by atoms with Crippen molar-refractivity contribution in [2.24, 2.45) is 0 Å². The molecular weight excluding hydrogens is 344 g/mol. The minimum Gasteiger partial charge on any atom is -0.453 e. The van der Waals surface area contributed by atoms with E-state index in [0.29, 0.717) is 28.7 Å². The van der Waals surface area contributed by atoms with Crippen molar-refractivity contribution in [3.8, 4) is 11.3 Å². The van der Waals surface area contributed by atoms with Gasteiger partial charge in [-0.2, -0.15) is 0 Å². The standard InChI is InChI=1S/C21H22N2O4/c24-14-18-5-6-19(27-18)15-11-16(20(25)22-7-1-2-8-22)13-17(12-15)21(26)23-9-3-4-10-23/h5-6,11-14H,1-4,7-10H2. The summed E-state index contributed by atoms with van der Waals surface area (Å²) in [6, 6.07) is 8.45. The smallest absolute Gasteiger partial charge is 0.253 e. The average molecular weight is 366 g/mol. The van der Waals surface area contributed by atoms with Gasteiger partial charge in [-0.3, -0.25) is 14.4 Å². The molecule has 2 fully saturated rings. The zero-order valence-electron chi connectivity index (χ0n) is 15.1. The summed E-state index contributed by atoms with van der Waals surface area (Å²) in [5, 5.41) is 0. The van der Waals surface area contributed by atoms with Gasteiger partial charge in [-0.05, 0) is 56.0 Å². The van der Waals surface area contributed by atoms with Crippen LogP contribution in [0.4, 0.5) is 0 Å². The average Bonchev–Trinajstić information content (AvgIpc) is 3.48. The van der Waals surface area contributed by atoms with Crippen LogP contribution in [0, 0.1) is 0 Å². The van der Waals surface area contributed by atoms with E-state index in [2.05, 4.69) is 0 Å². The second kappa shape index (κ2) is 7.39. The van der Waals surface area contributed by atoms with E-state index in [4.69, 9.17) is 4.42 Å². The molecule has 2 aliphatic rings. The molecule has 0 N–H and O–H groups in total. The van der Waals surface area contributed by atoms with E-state index in [1.807, 2.05) is 9.80 Å². The van der Waals surface area contributed by atoms with Gasteiger partial charge >= 0.3 is 0 Å². The van der Waals surface area contributed by atoms with Gasteiger partial charge in [-0.1, -0.05) is 0 Å². The fourth-order valence-electron chi connectivity index (χ4n) is 3.79. The molecule has 3 heterocycles. The molecule has 0 aliphatic carbocycles. The normalized spacial score (nSPS) is 16.7. The van der Waals surface area contributed by atoms with Crippen molar-refractivity contribution < 1.29 is 18.8 Å². The Morgan fingerprint density at radius 3 is 1.78 bits per heavy atom. The van der Waals surface area contributed by atoms with Crippen LogP contribution in [0.2, 0.25) is 0 Å². The number of carbonyl (C=O) groups excluding carboxylic acids is 3. The van der Waals surface area contributed by atoms with Crippen molar-refractivity contribution in [2.45, 2.75) is 25.7 Å². The van der Waals surface area contributed by atoms with Gasteiger partial charge in [0.1, 0.15) is 5.76 Å². The van der Waals surface area contributed by atoms with Crippen molar-refractivity contribution in [1.82, 2.24) is 9.80 Å². The first-order valence-electron chi connectivity index (χ1n) is 9.45. The molecule has 6 nitrogen and oxygen atoms in total. The zero-order chi connectivity index (χ0) is 18.8. The van der Waals surface area contributed by atoms with Gasteiger partial charge in [0, 0.05) is 42.9 Å². The van der Waals surface area contributed by atoms with E-state index < -0.39 is 0 Å². The summed E-state index contributed by atoms with van der Waals surface area (Å²) >= 11 is 0. The van der Waals surface area contributed by atoms with Crippen LogP contribution >= 0.6 is 0 Å². The van der Waals surface area contributed by atoms with Gasteiger partial charge in [0.15, 0.2) is 12.0 Å². The summed E-state index contributed by atoms with van der Waals surface area (Å²) < 4.78 is 5.52. The second-order valence-corrected chi connectivity index (χ2v) is 7.12. The van der Waals surface area contributed by atoms with Gasteiger partial charge in [0.05, 0.1) is 0 Å². The van der Waals surface area contributed by atoms with Crippen molar-refractivity contribution in [3.05, 3.63) is 47.2 Å². The first-order valence-corrected chi connectivity index (χ1v) is 9.45. The molecule has 1 aromatic heterocycles. The predicted octanol–water partition coefficient (Wildman–Crippen LogP) is 3.23. The summed E-state index contributed by atoms with van der Waals surface area (Å²) in [5.41, 5.74) is 1.61. The number of nitrogens with zero attached hydrogens (tertiary/aromatic N) is 2. The fraction of sp³-hybridized carbons (Fsp3) is 0.381. The minimum atomic E-state index is -0.0630. The van der Waals surface area contributed by atoms with E-state index >= 15 is 0 Å². The SMILES string of the molecule is O=Cc1ccc(-c2cc(C(=O)N3CCCC3)cc(C(=O)N3CCCC3)c2)o1. The molecule has 0 unspecified atom stereocenters. The Morgan fingerprint density at radius 2 is 1.33 bits per heavy atom. The molecule has 27 heavy (non-hydrogen) atoms. The lowest BCUT2D eigenvalue weighted by Crippen LogP contribution is -2.29. The maximum atomic E-state index is 12.9. The van der Waals surface area contributed by atoms with Crippen LogP contribution in [0.1, 0.15) is 57.0 Å². The molecule has 0 saturated carbocycles. The minimum absolute atomic E-state index is 0.0630. The van der Waals surface area contributed by atoms with E-state index in [1.165, 1.54) is 0 Å². The number of carbonyl (C=O) groups is 3. The molecule has 0 radical (unpaired) electrons. The van der Waals surface area contributed by atoms with Crippen molar-refractivity contribution in [2.75, 3.05) is 26.2 Å². The maximum absolute atomic E-state index is 12.9. The molecule has 0 spiro atoms. The van der Waals surface area contributed by atoms with Crippen molar-refractivity contribution in [3.63, 3.8) is 0 Å². The van der Waals surface area contributed by atoms with Gasteiger partial charge in [0.25, 0.3) is 11.8 Å². The first-order chi connectivity index (χ1) is 13.2. The molecule has 2 saturated heterocycles. The van der Waals surface area contributed by atoms with Crippen molar-refractivity contribution in [1.29, 1.82) is 0 Å². The van der Waals surface area contributed by atoms with Gasteiger partial charge in [-0.15, -0.1) is 0 Å². The summed E-state index contributed by atoms with van der Waals surface area (Å²) in [6.07, 6.45) is 4.66. The highest BCUT2D eigenvalue weighted by atomic mass is 16.3. The van der Waals surface area contributed by atoms with Crippen LogP contribution in [-0.4, -0.2) is 54.1 Å². The number of aldehydes is 1. The molecule has 4 rings (SSSR count). The third-order valence-corrected chi connectivity index (χ3v) is 5.24. The zero-order valence-corrected chi connectivity index (χ0v) is 15.1. The summed E-state index contributed by atoms with van der Waals surface area (Å²) in [7, 11) is 0. The number of amides is 2. The number of likely N-dealkylation sites (tertiary alicyclic amines) is 2. The molecule has 0 atom stereocenters. The molecule has 140 valence electrons. The summed E-state index contributed by atoms with van der Waals surface area (Å²) in [5.74, 6) is 0.566. The van der Waals surface area contributed by atoms with Crippen molar-refractivity contribution >= 4 is 18.1 Å².